The van der Waals surface area contributed by atoms with Crippen LogP contribution in [-0.2, 0) is 21.4 Å². The Morgan fingerprint density at radius 3 is 2.67 bits per heavy atom. The summed E-state index contributed by atoms with van der Waals surface area (Å²) in [5.74, 6) is 0.263. The number of sulfonamides is 1. The van der Waals surface area contributed by atoms with Gasteiger partial charge in [-0.15, -0.1) is 0 Å². The molecule has 1 unspecified atom stereocenters. The van der Waals surface area contributed by atoms with E-state index in [-0.39, 0.29) is 12.8 Å². The monoisotopic (exact) mass is 484 g/mol. The SMILES string of the molecule is Cc1ccccc1C(CCC(=O)NS(C)(=O)=O)Oc1cc(OCc2ccsc2)ccc1C#N. The number of hydrogen-bond donors (Lipinski definition) is 1. The van der Waals surface area contributed by atoms with E-state index < -0.39 is 22.0 Å². The lowest BCUT2D eigenvalue weighted by Gasteiger charge is -2.22. The molecule has 0 saturated carbocycles. The summed E-state index contributed by atoms with van der Waals surface area (Å²) in [5, 5.41) is 13.5. The normalized spacial score (nSPS) is 11.9. The Hall–Kier alpha value is -3.35. The van der Waals surface area contributed by atoms with Gasteiger partial charge in [-0.3, -0.25) is 9.52 Å². The Balaban J connectivity index is 1.83. The number of nitrogens with one attached hydrogen (secondary N) is 1. The van der Waals surface area contributed by atoms with Gasteiger partial charge in [-0.25, -0.2) is 8.42 Å². The third kappa shape index (κ3) is 7.34. The van der Waals surface area contributed by atoms with Gasteiger partial charge in [0.1, 0.15) is 30.3 Å². The van der Waals surface area contributed by atoms with Crippen LogP contribution in [0.25, 0.3) is 0 Å². The lowest BCUT2D eigenvalue weighted by atomic mass is 9.99. The summed E-state index contributed by atoms with van der Waals surface area (Å²) in [6.07, 6.45) is 0.510. The molecule has 3 aromatic rings. The number of ether oxygens (including phenoxy) is 2. The van der Waals surface area contributed by atoms with Crippen molar-refractivity contribution in [2.24, 2.45) is 0 Å². The molecular formula is C24H24N2O5S2. The van der Waals surface area contributed by atoms with Crippen LogP contribution in [0.15, 0.2) is 59.3 Å². The van der Waals surface area contributed by atoms with Gasteiger partial charge in [0.25, 0.3) is 0 Å². The number of nitriles is 1. The quantitative estimate of drug-likeness (QED) is 0.455. The molecule has 0 aliphatic heterocycles. The molecule has 1 N–H and O–H groups in total. The molecule has 1 atom stereocenters. The van der Waals surface area contributed by atoms with Gasteiger partial charge in [0.15, 0.2) is 0 Å². The first kappa shape index (κ1) is 24.3. The number of aryl methyl sites for hydroxylation is 1. The van der Waals surface area contributed by atoms with E-state index in [1.54, 1.807) is 29.5 Å². The van der Waals surface area contributed by atoms with Gasteiger partial charge in [0, 0.05) is 12.5 Å². The maximum Gasteiger partial charge on any atom is 0.233 e. The number of nitrogens with zero attached hydrogens (tertiary/aromatic N) is 1. The zero-order valence-electron chi connectivity index (χ0n) is 18.3. The summed E-state index contributed by atoms with van der Waals surface area (Å²) in [7, 11) is -3.64. The molecule has 9 heteroatoms. The van der Waals surface area contributed by atoms with Crippen LogP contribution in [0.4, 0.5) is 0 Å². The van der Waals surface area contributed by atoms with Gasteiger partial charge in [-0.2, -0.15) is 16.6 Å². The lowest BCUT2D eigenvalue weighted by Crippen LogP contribution is -2.29. The summed E-state index contributed by atoms with van der Waals surface area (Å²) in [6.45, 7) is 2.32. The van der Waals surface area contributed by atoms with E-state index in [1.807, 2.05) is 52.7 Å². The third-order valence-electron chi connectivity index (χ3n) is 4.80. The lowest BCUT2D eigenvalue weighted by molar-refractivity contribution is -0.119. The number of thiophene rings is 1. The highest BCUT2D eigenvalue weighted by Gasteiger charge is 2.20. The van der Waals surface area contributed by atoms with E-state index in [9.17, 15) is 18.5 Å². The molecule has 0 aliphatic rings. The van der Waals surface area contributed by atoms with E-state index in [1.165, 1.54) is 0 Å². The number of hydrogen-bond acceptors (Lipinski definition) is 7. The van der Waals surface area contributed by atoms with E-state index in [4.69, 9.17) is 9.47 Å². The van der Waals surface area contributed by atoms with Crippen molar-refractivity contribution in [2.45, 2.75) is 32.5 Å². The first-order valence-corrected chi connectivity index (χ1v) is 13.0. The smallest absolute Gasteiger partial charge is 0.233 e. The molecule has 172 valence electrons. The average Bonchev–Trinajstić information content (AvgIpc) is 3.28. The van der Waals surface area contributed by atoms with E-state index in [2.05, 4.69) is 6.07 Å². The molecule has 1 amide bonds. The Labute approximate surface area is 197 Å². The second-order valence-electron chi connectivity index (χ2n) is 7.49. The number of benzene rings is 2. The number of rotatable bonds is 10. The molecule has 3 rings (SSSR count). The van der Waals surface area contributed by atoms with E-state index >= 15 is 0 Å². The number of carbonyl (C=O) groups is 1. The fraction of sp³-hybridized carbons (Fsp3) is 0.250. The molecule has 2 aromatic carbocycles. The summed E-state index contributed by atoms with van der Waals surface area (Å²) in [6, 6.07) is 16.7. The summed E-state index contributed by atoms with van der Waals surface area (Å²) >= 11 is 1.58. The highest BCUT2D eigenvalue weighted by Crippen LogP contribution is 2.33. The second-order valence-corrected chi connectivity index (χ2v) is 10.0. The molecular weight excluding hydrogens is 460 g/mol. The Kier molecular flexibility index (Phi) is 8.09. The molecule has 7 nitrogen and oxygen atoms in total. The van der Waals surface area contributed by atoms with Crippen molar-refractivity contribution < 1.29 is 22.7 Å². The van der Waals surface area contributed by atoms with Crippen LogP contribution in [0.5, 0.6) is 11.5 Å². The second kappa shape index (κ2) is 11.0. The Bertz CT molecular complexity index is 1250. The molecule has 0 fully saturated rings. The van der Waals surface area contributed by atoms with Gasteiger partial charge >= 0.3 is 0 Å². The van der Waals surface area contributed by atoms with Gasteiger partial charge < -0.3 is 9.47 Å². The molecule has 0 bridgehead atoms. The van der Waals surface area contributed by atoms with Crippen LogP contribution in [0, 0.1) is 18.3 Å². The van der Waals surface area contributed by atoms with Crippen LogP contribution >= 0.6 is 11.3 Å². The fourth-order valence-electron chi connectivity index (χ4n) is 3.22. The topological polar surface area (TPSA) is 105 Å². The number of amides is 1. The standard InChI is InChI=1S/C24H24N2O5S2/c1-17-5-3-4-6-21(17)22(9-10-24(27)26-33(2,28)29)31-23-13-20(8-7-19(23)14-25)30-15-18-11-12-32-16-18/h3-8,11-13,16,22H,9-10,15H2,1-2H3,(H,26,27). The molecule has 0 radical (unpaired) electrons. The largest absolute Gasteiger partial charge is 0.489 e. The molecule has 0 aliphatic carbocycles. The fourth-order valence-corrected chi connectivity index (χ4v) is 4.39. The van der Waals surface area contributed by atoms with Crippen LogP contribution < -0.4 is 14.2 Å². The summed E-state index contributed by atoms with van der Waals surface area (Å²) in [5.41, 5.74) is 3.17. The predicted molar refractivity (Wildman–Crippen MR) is 127 cm³/mol. The highest BCUT2D eigenvalue weighted by molar-refractivity contribution is 7.89. The van der Waals surface area contributed by atoms with Crippen molar-refractivity contribution in [3.63, 3.8) is 0 Å². The van der Waals surface area contributed by atoms with E-state index in [0.717, 1.165) is 22.9 Å². The molecule has 0 saturated heterocycles. The van der Waals surface area contributed by atoms with Gasteiger partial charge in [-0.1, -0.05) is 24.3 Å². The predicted octanol–water partition coefficient (Wildman–Crippen LogP) is 4.48. The van der Waals surface area contributed by atoms with Crippen molar-refractivity contribution in [3.05, 3.63) is 81.5 Å². The van der Waals surface area contributed by atoms with Gasteiger partial charge in [0.05, 0.1) is 11.8 Å². The van der Waals surface area contributed by atoms with Gasteiger partial charge in [0.2, 0.25) is 15.9 Å². The van der Waals surface area contributed by atoms with E-state index in [0.29, 0.717) is 23.7 Å². The maximum absolute atomic E-state index is 12.1. The first-order valence-electron chi connectivity index (χ1n) is 10.2. The maximum atomic E-state index is 12.1. The van der Waals surface area contributed by atoms with Crippen molar-refractivity contribution in [2.75, 3.05) is 6.26 Å². The minimum atomic E-state index is -3.64. The Morgan fingerprint density at radius 2 is 2.00 bits per heavy atom. The van der Waals surface area contributed by atoms with Crippen molar-refractivity contribution in [3.8, 4) is 17.6 Å². The molecule has 0 spiro atoms. The highest BCUT2D eigenvalue weighted by atomic mass is 32.2. The Morgan fingerprint density at radius 1 is 1.21 bits per heavy atom. The van der Waals surface area contributed by atoms with Crippen LogP contribution in [-0.4, -0.2) is 20.6 Å². The molecule has 1 aromatic heterocycles. The minimum absolute atomic E-state index is 0.0672. The molecule has 1 heterocycles. The van der Waals surface area contributed by atoms with Crippen molar-refractivity contribution >= 4 is 27.3 Å². The third-order valence-corrected chi connectivity index (χ3v) is 6.13. The van der Waals surface area contributed by atoms with Crippen molar-refractivity contribution in [1.29, 1.82) is 5.26 Å². The summed E-state index contributed by atoms with van der Waals surface area (Å²) in [4.78, 5) is 12.1. The zero-order valence-corrected chi connectivity index (χ0v) is 19.9. The zero-order chi connectivity index (χ0) is 23.8. The summed E-state index contributed by atoms with van der Waals surface area (Å²) < 4.78 is 36.8. The molecule has 33 heavy (non-hydrogen) atoms. The van der Waals surface area contributed by atoms with Crippen molar-refractivity contribution in [1.82, 2.24) is 4.72 Å². The van der Waals surface area contributed by atoms with Crippen LogP contribution in [0.2, 0.25) is 0 Å². The first-order chi connectivity index (χ1) is 15.7. The van der Waals surface area contributed by atoms with Crippen LogP contribution in [0.1, 0.15) is 41.2 Å². The number of carbonyl (C=O) groups excluding carboxylic acids is 1. The van der Waals surface area contributed by atoms with Crippen LogP contribution in [0.3, 0.4) is 0 Å². The average molecular weight is 485 g/mol. The van der Waals surface area contributed by atoms with Gasteiger partial charge in [-0.05, 0) is 59.0 Å². The minimum Gasteiger partial charge on any atom is -0.489 e.